The van der Waals surface area contributed by atoms with E-state index in [1.54, 1.807) is 13.1 Å². The fraction of sp³-hybridized carbons (Fsp3) is 0.222. The number of anilines is 1. The quantitative estimate of drug-likeness (QED) is 0.518. The Labute approximate surface area is 149 Å². The highest BCUT2D eigenvalue weighted by Gasteiger charge is 2.13. The van der Waals surface area contributed by atoms with Crippen LogP contribution in [0, 0.1) is 5.82 Å². The number of aliphatic hydroxyl groups is 1. The summed E-state index contributed by atoms with van der Waals surface area (Å²) in [6.07, 6.45) is 0. The van der Waals surface area contributed by atoms with Crippen molar-refractivity contribution in [3.8, 4) is 5.75 Å². The monoisotopic (exact) mass is 358 g/mol. The molecule has 0 aliphatic carbocycles. The molecule has 0 aliphatic heterocycles. The minimum absolute atomic E-state index is 0.121. The molecule has 0 fully saturated rings. The van der Waals surface area contributed by atoms with Crippen LogP contribution in [0.25, 0.3) is 10.9 Å². The van der Waals surface area contributed by atoms with Gasteiger partial charge in [-0.1, -0.05) is 0 Å². The van der Waals surface area contributed by atoms with Crippen molar-refractivity contribution in [1.82, 2.24) is 15.5 Å². The summed E-state index contributed by atoms with van der Waals surface area (Å²) >= 11 is 0. The van der Waals surface area contributed by atoms with E-state index in [1.165, 1.54) is 18.2 Å². The van der Waals surface area contributed by atoms with E-state index in [9.17, 15) is 9.18 Å². The third kappa shape index (κ3) is 3.75. The number of nitrogens with zero attached hydrogens (tertiary/aromatic N) is 1. The van der Waals surface area contributed by atoms with Crippen LogP contribution in [-0.2, 0) is 6.54 Å². The zero-order valence-corrected chi connectivity index (χ0v) is 14.2. The number of carbonyl (C=O) groups excluding carboxylic acids is 1. The lowest BCUT2D eigenvalue weighted by atomic mass is 10.1. The Morgan fingerprint density at radius 2 is 2.15 bits per heavy atom. The Bertz CT molecular complexity index is 926. The lowest BCUT2D eigenvalue weighted by Gasteiger charge is -2.12. The SMILES string of the molecule is CNC(=O)c1n[nH]c2ccc(NCc3cc(F)ccc3OCCO)cc12. The molecule has 4 N–H and O–H groups in total. The van der Waals surface area contributed by atoms with E-state index in [1.807, 2.05) is 12.1 Å². The van der Waals surface area contributed by atoms with Gasteiger partial charge in [-0.25, -0.2) is 4.39 Å². The molecular weight excluding hydrogens is 339 g/mol. The van der Waals surface area contributed by atoms with Crippen molar-refractivity contribution in [2.45, 2.75) is 6.54 Å². The number of halogens is 1. The van der Waals surface area contributed by atoms with Crippen molar-refractivity contribution < 1.29 is 19.0 Å². The molecule has 0 aliphatic rings. The van der Waals surface area contributed by atoms with E-state index in [0.717, 1.165) is 11.2 Å². The maximum atomic E-state index is 13.6. The number of aromatic nitrogens is 2. The van der Waals surface area contributed by atoms with E-state index < -0.39 is 0 Å². The number of hydrogen-bond acceptors (Lipinski definition) is 5. The molecule has 0 spiro atoms. The van der Waals surface area contributed by atoms with E-state index in [-0.39, 0.29) is 24.9 Å². The standard InChI is InChI=1S/C18H19FN4O3/c1-20-18(25)17-14-9-13(3-4-15(14)22-23-17)21-10-11-8-12(19)2-5-16(11)26-7-6-24/h2-5,8-9,21,24H,6-7,10H2,1H3,(H,20,25)(H,22,23). The fourth-order valence-corrected chi connectivity index (χ4v) is 2.60. The van der Waals surface area contributed by atoms with Crippen LogP contribution in [0.4, 0.5) is 10.1 Å². The number of benzene rings is 2. The van der Waals surface area contributed by atoms with E-state index in [2.05, 4.69) is 20.8 Å². The average molecular weight is 358 g/mol. The summed E-state index contributed by atoms with van der Waals surface area (Å²) in [4.78, 5) is 11.9. The van der Waals surface area contributed by atoms with Crippen molar-refractivity contribution in [1.29, 1.82) is 0 Å². The predicted octanol–water partition coefficient (Wildman–Crippen LogP) is 2.04. The smallest absolute Gasteiger partial charge is 0.272 e. The normalized spacial score (nSPS) is 10.7. The molecule has 0 atom stereocenters. The second-order valence-corrected chi connectivity index (χ2v) is 5.59. The first-order valence-corrected chi connectivity index (χ1v) is 8.08. The molecule has 2 aromatic carbocycles. The minimum atomic E-state index is -0.370. The summed E-state index contributed by atoms with van der Waals surface area (Å²) in [5, 5.41) is 22.2. The number of aliphatic hydroxyl groups excluding tert-OH is 1. The van der Waals surface area contributed by atoms with Gasteiger partial charge < -0.3 is 20.5 Å². The number of aromatic amines is 1. The summed E-state index contributed by atoms with van der Waals surface area (Å²) in [6.45, 7) is 0.329. The van der Waals surface area contributed by atoms with Gasteiger partial charge in [0.25, 0.3) is 5.91 Å². The molecule has 3 aromatic rings. The topological polar surface area (TPSA) is 99.3 Å². The zero-order valence-electron chi connectivity index (χ0n) is 14.2. The highest BCUT2D eigenvalue weighted by molar-refractivity contribution is 6.05. The predicted molar refractivity (Wildman–Crippen MR) is 95.8 cm³/mol. The van der Waals surface area contributed by atoms with Gasteiger partial charge in [-0.2, -0.15) is 5.10 Å². The highest BCUT2D eigenvalue weighted by Crippen LogP contribution is 2.24. The van der Waals surface area contributed by atoms with Gasteiger partial charge in [0, 0.05) is 30.2 Å². The molecular formula is C18H19FN4O3. The number of carbonyl (C=O) groups is 1. The third-order valence-electron chi connectivity index (χ3n) is 3.86. The van der Waals surface area contributed by atoms with Crippen LogP contribution in [0.3, 0.4) is 0 Å². The molecule has 0 unspecified atom stereocenters. The molecule has 0 saturated heterocycles. The number of ether oxygens (including phenoxy) is 1. The summed E-state index contributed by atoms with van der Waals surface area (Å²) < 4.78 is 19.0. The van der Waals surface area contributed by atoms with Gasteiger partial charge in [-0.3, -0.25) is 9.89 Å². The summed E-state index contributed by atoms with van der Waals surface area (Å²) in [5.41, 5.74) is 2.43. The number of fused-ring (bicyclic) bond motifs is 1. The molecule has 0 saturated carbocycles. The lowest BCUT2D eigenvalue weighted by Crippen LogP contribution is -2.18. The Hall–Kier alpha value is -3.13. The van der Waals surface area contributed by atoms with Crippen molar-refractivity contribution in [3.05, 3.63) is 53.5 Å². The van der Waals surface area contributed by atoms with Gasteiger partial charge >= 0.3 is 0 Å². The van der Waals surface area contributed by atoms with Crippen LogP contribution in [0.5, 0.6) is 5.75 Å². The molecule has 26 heavy (non-hydrogen) atoms. The first kappa shape index (κ1) is 17.7. The van der Waals surface area contributed by atoms with Gasteiger partial charge in [-0.15, -0.1) is 0 Å². The maximum Gasteiger partial charge on any atom is 0.272 e. The molecule has 7 nitrogen and oxygen atoms in total. The van der Waals surface area contributed by atoms with Gasteiger partial charge in [0.05, 0.1) is 12.1 Å². The van der Waals surface area contributed by atoms with Gasteiger partial charge in [-0.05, 0) is 36.4 Å². The highest BCUT2D eigenvalue weighted by atomic mass is 19.1. The lowest BCUT2D eigenvalue weighted by molar-refractivity contribution is 0.0959. The van der Waals surface area contributed by atoms with Crippen LogP contribution in [-0.4, -0.2) is 41.5 Å². The Morgan fingerprint density at radius 3 is 2.92 bits per heavy atom. The van der Waals surface area contributed by atoms with Gasteiger partial charge in [0.2, 0.25) is 0 Å². The zero-order chi connectivity index (χ0) is 18.5. The number of rotatable bonds is 7. The number of H-pyrrole nitrogens is 1. The molecule has 1 aromatic heterocycles. The average Bonchev–Trinajstić information content (AvgIpc) is 3.08. The van der Waals surface area contributed by atoms with Crippen LogP contribution in [0.1, 0.15) is 16.1 Å². The molecule has 1 heterocycles. The van der Waals surface area contributed by atoms with Crippen molar-refractivity contribution in [3.63, 3.8) is 0 Å². The molecule has 136 valence electrons. The van der Waals surface area contributed by atoms with Gasteiger partial charge in [0.15, 0.2) is 5.69 Å². The number of hydrogen-bond donors (Lipinski definition) is 4. The summed E-state index contributed by atoms with van der Waals surface area (Å²) in [7, 11) is 1.54. The summed E-state index contributed by atoms with van der Waals surface area (Å²) in [5.74, 6) is -0.146. The Balaban J connectivity index is 1.81. The van der Waals surface area contributed by atoms with E-state index >= 15 is 0 Å². The van der Waals surface area contributed by atoms with Crippen LogP contribution < -0.4 is 15.4 Å². The van der Waals surface area contributed by atoms with E-state index in [4.69, 9.17) is 9.84 Å². The first-order valence-electron chi connectivity index (χ1n) is 8.08. The second kappa shape index (κ2) is 7.83. The molecule has 1 amide bonds. The second-order valence-electron chi connectivity index (χ2n) is 5.59. The largest absolute Gasteiger partial charge is 0.491 e. The van der Waals surface area contributed by atoms with E-state index in [0.29, 0.717) is 28.9 Å². The molecule has 8 heteroatoms. The van der Waals surface area contributed by atoms with Gasteiger partial charge in [0.1, 0.15) is 18.2 Å². The summed E-state index contributed by atoms with van der Waals surface area (Å²) in [6, 6.07) is 9.67. The Kier molecular flexibility index (Phi) is 5.33. The number of nitrogens with one attached hydrogen (secondary N) is 3. The number of amides is 1. The third-order valence-corrected chi connectivity index (χ3v) is 3.86. The molecule has 0 bridgehead atoms. The van der Waals surface area contributed by atoms with Crippen LogP contribution in [0.2, 0.25) is 0 Å². The van der Waals surface area contributed by atoms with Crippen LogP contribution >= 0.6 is 0 Å². The van der Waals surface area contributed by atoms with Crippen LogP contribution in [0.15, 0.2) is 36.4 Å². The minimum Gasteiger partial charge on any atom is -0.491 e. The molecule has 0 radical (unpaired) electrons. The molecule has 3 rings (SSSR count). The van der Waals surface area contributed by atoms with Crippen molar-refractivity contribution in [2.24, 2.45) is 0 Å². The van der Waals surface area contributed by atoms with Crippen molar-refractivity contribution >= 4 is 22.5 Å². The maximum absolute atomic E-state index is 13.6. The first-order chi connectivity index (χ1) is 12.6. The fourth-order valence-electron chi connectivity index (χ4n) is 2.60. The van der Waals surface area contributed by atoms with Crippen molar-refractivity contribution in [2.75, 3.05) is 25.6 Å². The Morgan fingerprint density at radius 1 is 1.31 bits per heavy atom.